The Morgan fingerprint density at radius 2 is 1.90 bits per heavy atom. The first-order valence-corrected chi connectivity index (χ1v) is 9.33. The molecule has 3 aromatic heterocycles. The first kappa shape index (κ1) is 16.4. The predicted molar refractivity (Wildman–Crippen MR) is 105 cm³/mol. The maximum atomic E-state index is 13.2. The molecule has 0 bridgehead atoms. The lowest BCUT2D eigenvalue weighted by Crippen LogP contribution is -2.24. The maximum Gasteiger partial charge on any atom is 0.162 e. The Kier molecular flexibility index (Phi) is 3.51. The highest BCUT2D eigenvalue weighted by atomic mass is 19.1. The highest BCUT2D eigenvalue weighted by Gasteiger charge is 2.29. The summed E-state index contributed by atoms with van der Waals surface area (Å²) >= 11 is 0. The van der Waals surface area contributed by atoms with Gasteiger partial charge in [-0.1, -0.05) is 23.4 Å². The number of rotatable bonds is 2. The van der Waals surface area contributed by atoms with Crippen LogP contribution in [-0.2, 0) is 11.3 Å². The molecule has 0 amide bonds. The van der Waals surface area contributed by atoms with Crippen molar-refractivity contribution in [3.8, 4) is 11.3 Å². The molecule has 0 unspecified atom stereocenters. The summed E-state index contributed by atoms with van der Waals surface area (Å²) in [5.41, 5.74) is 4.20. The van der Waals surface area contributed by atoms with E-state index in [1.807, 2.05) is 24.3 Å². The lowest BCUT2D eigenvalue weighted by Gasteiger charge is -2.24. The highest BCUT2D eigenvalue weighted by molar-refractivity contribution is 6.02. The van der Waals surface area contributed by atoms with Crippen LogP contribution in [0.1, 0.15) is 17.6 Å². The van der Waals surface area contributed by atoms with Crippen molar-refractivity contribution >= 4 is 21.9 Å². The summed E-state index contributed by atoms with van der Waals surface area (Å²) < 4.78 is 26.9. The number of hydrogen-bond acceptors (Lipinski definition) is 5. The van der Waals surface area contributed by atoms with Gasteiger partial charge in [0.15, 0.2) is 5.76 Å². The monoisotopic (exact) mass is 386 g/mol. The third-order valence-electron chi connectivity index (χ3n) is 5.31. The zero-order chi connectivity index (χ0) is 19.4. The van der Waals surface area contributed by atoms with E-state index in [4.69, 9.17) is 14.2 Å². The van der Waals surface area contributed by atoms with Crippen LogP contribution in [0.2, 0.25) is 0 Å². The normalized spacial score (nSPS) is 16.4. The topological polar surface area (TPSA) is 66.0 Å². The van der Waals surface area contributed by atoms with Crippen LogP contribution >= 0.6 is 0 Å². The molecule has 1 aliphatic heterocycles. The molecule has 5 aromatic rings. The third kappa shape index (κ3) is 2.55. The van der Waals surface area contributed by atoms with Crippen LogP contribution in [0.5, 0.6) is 0 Å². The van der Waals surface area contributed by atoms with Gasteiger partial charge in [-0.15, -0.1) is 0 Å². The molecular weight excluding hydrogens is 371 g/mol. The minimum Gasteiger partial charge on any atom is -0.371 e. The Labute approximate surface area is 164 Å². The van der Waals surface area contributed by atoms with Crippen molar-refractivity contribution < 1.29 is 13.7 Å². The Morgan fingerprint density at radius 3 is 2.79 bits per heavy atom. The Morgan fingerprint density at radius 1 is 1.03 bits per heavy atom. The van der Waals surface area contributed by atoms with Crippen molar-refractivity contribution in [3.63, 3.8) is 0 Å². The van der Waals surface area contributed by atoms with Gasteiger partial charge in [-0.3, -0.25) is 4.98 Å². The van der Waals surface area contributed by atoms with Gasteiger partial charge in [-0.25, -0.2) is 9.37 Å². The number of fused-ring (bicyclic) bond motifs is 5. The van der Waals surface area contributed by atoms with E-state index in [1.165, 1.54) is 12.1 Å². The number of hydrogen-bond donors (Lipinski definition) is 0. The van der Waals surface area contributed by atoms with Crippen molar-refractivity contribution in [2.24, 2.45) is 0 Å². The number of nitrogens with zero attached hydrogens (tertiary/aromatic N) is 4. The molecule has 4 heterocycles. The molecule has 0 aliphatic carbocycles. The van der Waals surface area contributed by atoms with E-state index in [0.717, 1.165) is 33.3 Å². The van der Waals surface area contributed by atoms with E-state index in [-0.39, 0.29) is 11.9 Å². The van der Waals surface area contributed by atoms with Crippen LogP contribution in [0.3, 0.4) is 0 Å². The molecule has 0 fully saturated rings. The summed E-state index contributed by atoms with van der Waals surface area (Å²) in [6.45, 7) is 0.881. The minimum absolute atomic E-state index is 0.198. The number of ether oxygens (including phenoxy) is 1. The van der Waals surface area contributed by atoms with Crippen LogP contribution in [0.4, 0.5) is 4.39 Å². The second kappa shape index (κ2) is 6.22. The maximum absolute atomic E-state index is 13.2. The molecule has 0 spiro atoms. The Hall–Kier alpha value is -3.58. The number of halogens is 1. The molecule has 1 atom stereocenters. The number of benzene rings is 2. The quantitative estimate of drug-likeness (QED) is 0.447. The van der Waals surface area contributed by atoms with Crippen LogP contribution < -0.4 is 0 Å². The summed E-state index contributed by atoms with van der Waals surface area (Å²) in [7, 11) is 0. The van der Waals surface area contributed by atoms with Crippen molar-refractivity contribution in [1.82, 2.24) is 19.7 Å². The van der Waals surface area contributed by atoms with Crippen LogP contribution in [-0.4, -0.2) is 26.3 Å². The molecule has 0 N–H and O–H groups in total. The average molecular weight is 386 g/mol. The summed E-state index contributed by atoms with van der Waals surface area (Å²) in [4.78, 5) is 9.24. The SMILES string of the molecule is Fc1ccc(-c2cc([C@H]3COCc4nc5cnc6ccccc6c5n43)on2)cc1. The fourth-order valence-corrected chi connectivity index (χ4v) is 3.96. The molecule has 6 rings (SSSR count). The summed E-state index contributed by atoms with van der Waals surface area (Å²) in [6.07, 6.45) is 1.80. The van der Waals surface area contributed by atoms with Gasteiger partial charge in [0, 0.05) is 17.0 Å². The first-order chi connectivity index (χ1) is 14.3. The van der Waals surface area contributed by atoms with E-state index in [1.54, 1.807) is 18.3 Å². The summed E-state index contributed by atoms with van der Waals surface area (Å²) in [5, 5.41) is 5.23. The zero-order valence-corrected chi connectivity index (χ0v) is 15.2. The summed E-state index contributed by atoms with van der Waals surface area (Å²) in [6, 6.07) is 15.9. The van der Waals surface area contributed by atoms with E-state index in [2.05, 4.69) is 20.8 Å². The second-order valence-electron chi connectivity index (χ2n) is 7.06. The molecule has 142 valence electrons. The van der Waals surface area contributed by atoms with Crippen molar-refractivity contribution in [2.75, 3.05) is 6.61 Å². The van der Waals surface area contributed by atoms with Gasteiger partial charge >= 0.3 is 0 Å². The van der Waals surface area contributed by atoms with E-state index in [0.29, 0.717) is 24.7 Å². The fraction of sp³-hybridized carbons (Fsp3) is 0.136. The zero-order valence-electron chi connectivity index (χ0n) is 15.2. The number of pyridine rings is 1. The van der Waals surface area contributed by atoms with Gasteiger partial charge in [0.25, 0.3) is 0 Å². The van der Waals surface area contributed by atoms with Gasteiger partial charge in [0.2, 0.25) is 0 Å². The molecule has 2 aromatic carbocycles. The molecule has 0 saturated heterocycles. The van der Waals surface area contributed by atoms with Crippen molar-refractivity contribution in [1.29, 1.82) is 0 Å². The number of para-hydroxylation sites is 1. The minimum atomic E-state index is -0.284. The standard InChI is InChI=1S/C22H15FN4O2/c23-14-7-5-13(6-8-14)17-9-20(29-26-17)19-11-28-12-21-25-18-10-24-16-4-2-1-3-15(16)22(18)27(19)21/h1-10,19H,11-12H2/t19-/m1/s1. The van der Waals surface area contributed by atoms with Gasteiger partial charge in [-0.2, -0.15) is 0 Å². The Balaban J connectivity index is 1.52. The molecule has 7 heteroatoms. The number of imidazole rings is 1. The molecule has 29 heavy (non-hydrogen) atoms. The molecule has 0 saturated carbocycles. The fourth-order valence-electron chi connectivity index (χ4n) is 3.96. The van der Waals surface area contributed by atoms with Crippen LogP contribution in [0, 0.1) is 5.82 Å². The predicted octanol–water partition coefficient (Wildman–Crippen LogP) is 4.50. The van der Waals surface area contributed by atoms with Gasteiger partial charge in [0.05, 0.1) is 23.8 Å². The lowest BCUT2D eigenvalue weighted by molar-refractivity contribution is 0.0602. The van der Waals surface area contributed by atoms with Gasteiger partial charge in [-0.05, 0) is 30.3 Å². The van der Waals surface area contributed by atoms with Crippen LogP contribution in [0.25, 0.3) is 33.2 Å². The Bertz CT molecular complexity index is 1360. The highest BCUT2D eigenvalue weighted by Crippen LogP contribution is 2.34. The molecular formula is C22H15FN4O2. The second-order valence-corrected chi connectivity index (χ2v) is 7.06. The van der Waals surface area contributed by atoms with E-state index < -0.39 is 0 Å². The average Bonchev–Trinajstić information content (AvgIpc) is 3.39. The lowest BCUT2D eigenvalue weighted by atomic mass is 10.1. The molecule has 6 nitrogen and oxygen atoms in total. The first-order valence-electron chi connectivity index (χ1n) is 9.33. The van der Waals surface area contributed by atoms with Gasteiger partial charge in [0.1, 0.15) is 35.5 Å². The van der Waals surface area contributed by atoms with E-state index in [9.17, 15) is 4.39 Å². The number of aromatic nitrogens is 4. The largest absolute Gasteiger partial charge is 0.371 e. The van der Waals surface area contributed by atoms with Crippen molar-refractivity contribution in [3.05, 3.63) is 78.2 Å². The molecule has 0 radical (unpaired) electrons. The van der Waals surface area contributed by atoms with Crippen LogP contribution in [0.15, 0.2) is 65.3 Å². The van der Waals surface area contributed by atoms with Gasteiger partial charge < -0.3 is 13.8 Å². The van der Waals surface area contributed by atoms with Crippen molar-refractivity contribution in [2.45, 2.75) is 12.6 Å². The third-order valence-corrected chi connectivity index (χ3v) is 5.31. The van der Waals surface area contributed by atoms with E-state index >= 15 is 0 Å². The molecule has 1 aliphatic rings. The smallest absolute Gasteiger partial charge is 0.162 e. The summed E-state index contributed by atoms with van der Waals surface area (Å²) in [5.74, 6) is 1.22.